The summed E-state index contributed by atoms with van der Waals surface area (Å²) in [5.41, 5.74) is 0. The van der Waals surface area contributed by atoms with Crippen LogP contribution in [0.25, 0.3) is 0 Å². The van der Waals surface area contributed by atoms with Gasteiger partial charge in [0.05, 0.1) is 6.42 Å². The minimum absolute atomic E-state index is 0.491. The molecular formula is C6H8ClNO4. The van der Waals surface area contributed by atoms with E-state index in [1.807, 2.05) is 0 Å². The molecule has 0 aromatic carbocycles. The maximum Gasteiger partial charge on any atom is 0.305 e. The number of carbonyl (C=O) groups excluding carboxylic acids is 2. The number of halogens is 1. The third-order valence-electron chi connectivity index (χ3n) is 1.03. The molecule has 1 unspecified atom stereocenters. The van der Waals surface area contributed by atoms with Crippen molar-refractivity contribution in [2.24, 2.45) is 0 Å². The molecule has 68 valence electrons. The van der Waals surface area contributed by atoms with Gasteiger partial charge in [-0.25, -0.2) is 0 Å². The van der Waals surface area contributed by atoms with Crippen LogP contribution in [0, 0.1) is 0 Å². The number of amides is 1. The molecule has 12 heavy (non-hydrogen) atoms. The van der Waals surface area contributed by atoms with Crippen LogP contribution in [0.1, 0.15) is 13.3 Å². The van der Waals surface area contributed by atoms with Crippen LogP contribution in [0.4, 0.5) is 0 Å². The SMILES string of the molecule is CC(=O)NC(CC(=O)O)C(=O)Cl. The van der Waals surface area contributed by atoms with Crippen molar-refractivity contribution in [1.82, 2.24) is 5.32 Å². The smallest absolute Gasteiger partial charge is 0.305 e. The first kappa shape index (κ1) is 10.9. The van der Waals surface area contributed by atoms with Crippen molar-refractivity contribution in [3.63, 3.8) is 0 Å². The van der Waals surface area contributed by atoms with Gasteiger partial charge in [0.15, 0.2) is 0 Å². The van der Waals surface area contributed by atoms with E-state index in [1.54, 1.807) is 0 Å². The van der Waals surface area contributed by atoms with Crippen molar-refractivity contribution in [3.8, 4) is 0 Å². The fourth-order valence-electron chi connectivity index (χ4n) is 0.608. The number of hydrogen-bond donors (Lipinski definition) is 2. The molecule has 0 aliphatic carbocycles. The van der Waals surface area contributed by atoms with E-state index in [0.29, 0.717) is 0 Å². The zero-order valence-electron chi connectivity index (χ0n) is 6.33. The van der Waals surface area contributed by atoms with E-state index in [4.69, 9.17) is 16.7 Å². The molecule has 0 aromatic heterocycles. The lowest BCUT2D eigenvalue weighted by Gasteiger charge is -2.09. The van der Waals surface area contributed by atoms with Crippen molar-refractivity contribution >= 4 is 28.7 Å². The molecule has 0 aliphatic heterocycles. The zero-order valence-corrected chi connectivity index (χ0v) is 7.09. The minimum atomic E-state index is -1.19. The van der Waals surface area contributed by atoms with Gasteiger partial charge in [-0.3, -0.25) is 14.4 Å². The molecule has 0 aromatic rings. The molecule has 0 aliphatic rings. The Labute approximate surface area is 73.7 Å². The van der Waals surface area contributed by atoms with Gasteiger partial charge in [-0.1, -0.05) is 0 Å². The number of carboxylic acids is 1. The minimum Gasteiger partial charge on any atom is -0.481 e. The average Bonchev–Trinajstić information content (AvgIpc) is 1.83. The topological polar surface area (TPSA) is 83.5 Å². The van der Waals surface area contributed by atoms with Gasteiger partial charge in [0, 0.05) is 6.92 Å². The number of rotatable bonds is 4. The summed E-state index contributed by atoms with van der Waals surface area (Å²) in [5, 5.41) is 9.51. The Morgan fingerprint density at radius 1 is 1.50 bits per heavy atom. The van der Waals surface area contributed by atoms with E-state index in [2.05, 4.69) is 5.32 Å². The first-order chi connectivity index (χ1) is 5.43. The summed E-state index contributed by atoms with van der Waals surface area (Å²) in [4.78, 5) is 31.1. The Balaban J connectivity index is 4.14. The summed E-state index contributed by atoms with van der Waals surface area (Å²) in [5.74, 6) is -1.68. The van der Waals surface area contributed by atoms with Gasteiger partial charge >= 0.3 is 5.97 Å². The van der Waals surface area contributed by atoms with Crippen LogP contribution in [0.3, 0.4) is 0 Å². The molecule has 0 fully saturated rings. The Hall–Kier alpha value is -1.10. The summed E-state index contributed by atoms with van der Waals surface area (Å²) in [6, 6.07) is -1.14. The zero-order chi connectivity index (χ0) is 9.72. The van der Waals surface area contributed by atoms with Crippen LogP contribution >= 0.6 is 11.6 Å². The fraction of sp³-hybridized carbons (Fsp3) is 0.500. The Morgan fingerprint density at radius 2 is 2.00 bits per heavy atom. The molecule has 0 spiro atoms. The second kappa shape index (κ2) is 4.71. The van der Waals surface area contributed by atoms with E-state index < -0.39 is 29.6 Å². The van der Waals surface area contributed by atoms with Gasteiger partial charge in [0.2, 0.25) is 11.1 Å². The van der Waals surface area contributed by atoms with Crippen molar-refractivity contribution < 1.29 is 19.5 Å². The molecular weight excluding hydrogens is 186 g/mol. The molecule has 0 saturated carbocycles. The Morgan fingerprint density at radius 3 is 2.25 bits per heavy atom. The number of nitrogens with one attached hydrogen (secondary N) is 1. The molecule has 0 rings (SSSR count). The van der Waals surface area contributed by atoms with Crippen LogP contribution in [0.5, 0.6) is 0 Å². The highest BCUT2D eigenvalue weighted by atomic mass is 35.5. The normalized spacial score (nSPS) is 11.8. The summed E-state index contributed by atoms with van der Waals surface area (Å²) < 4.78 is 0. The summed E-state index contributed by atoms with van der Waals surface area (Å²) in [7, 11) is 0. The van der Waals surface area contributed by atoms with Crippen molar-refractivity contribution in [2.45, 2.75) is 19.4 Å². The van der Waals surface area contributed by atoms with Crippen LogP contribution in [-0.2, 0) is 14.4 Å². The molecule has 0 radical (unpaired) electrons. The average molecular weight is 194 g/mol. The van der Waals surface area contributed by atoms with Crippen molar-refractivity contribution in [2.75, 3.05) is 0 Å². The van der Waals surface area contributed by atoms with Gasteiger partial charge in [0.1, 0.15) is 6.04 Å². The standard InChI is InChI=1S/C6H8ClNO4/c1-3(9)8-4(6(7)12)2-5(10)11/h4H,2H2,1H3,(H,8,9)(H,10,11). The Kier molecular flexibility index (Phi) is 4.28. The van der Waals surface area contributed by atoms with E-state index in [-0.39, 0.29) is 0 Å². The predicted molar refractivity (Wildman–Crippen MR) is 40.7 cm³/mol. The highest BCUT2D eigenvalue weighted by Crippen LogP contribution is 1.97. The highest BCUT2D eigenvalue weighted by molar-refractivity contribution is 6.65. The van der Waals surface area contributed by atoms with Crippen LogP contribution in [0.15, 0.2) is 0 Å². The second-order valence-corrected chi connectivity index (χ2v) is 2.53. The molecule has 0 saturated heterocycles. The highest BCUT2D eigenvalue weighted by Gasteiger charge is 2.20. The molecule has 1 atom stereocenters. The predicted octanol–water partition coefficient (Wildman–Crippen LogP) is -0.269. The molecule has 0 bridgehead atoms. The van der Waals surface area contributed by atoms with Crippen molar-refractivity contribution in [3.05, 3.63) is 0 Å². The van der Waals surface area contributed by atoms with Crippen LogP contribution in [0.2, 0.25) is 0 Å². The third kappa shape index (κ3) is 4.68. The molecule has 2 N–H and O–H groups in total. The van der Waals surface area contributed by atoms with Crippen molar-refractivity contribution in [1.29, 1.82) is 0 Å². The lowest BCUT2D eigenvalue weighted by atomic mass is 10.2. The Bertz CT molecular complexity index is 200. The van der Waals surface area contributed by atoms with E-state index >= 15 is 0 Å². The summed E-state index contributed by atoms with van der Waals surface area (Å²) in [6.07, 6.45) is -0.498. The summed E-state index contributed by atoms with van der Waals surface area (Å²) >= 11 is 5.01. The number of aliphatic carboxylic acids is 1. The van der Waals surface area contributed by atoms with Gasteiger partial charge in [-0.05, 0) is 11.6 Å². The number of hydrogen-bond acceptors (Lipinski definition) is 3. The van der Waals surface area contributed by atoms with Gasteiger partial charge in [-0.2, -0.15) is 0 Å². The van der Waals surface area contributed by atoms with E-state index in [1.165, 1.54) is 6.92 Å². The van der Waals surface area contributed by atoms with Crippen LogP contribution < -0.4 is 5.32 Å². The quantitative estimate of drug-likeness (QED) is 0.602. The lowest BCUT2D eigenvalue weighted by molar-refractivity contribution is -0.139. The maximum absolute atomic E-state index is 10.5. The monoisotopic (exact) mass is 193 g/mol. The number of carbonyl (C=O) groups is 3. The largest absolute Gasteiger partial charge is 0.481 e. The fourth-order valence-corrected chi connectivity index (χ4v) is 0.740. The van der Waals surface area contributed by atoms with Gasteiger partial charge in [0.25, 0.3) is 0 Å². The number of carboxylic acid groups (broad SMARTS) is 1. The van der Waals surface area contributed by atoms with Gasteiger partial charge < -0.3 is 10.4 Å². The van der Waals surface area contributed by atoms with E-state index in [0.717, 1.165) is 0 Å². The molecule has 5 nitrogen and oxygen atoms in total. The van der Waals surface area contributed by atoms with E-state index in [9.17, 15) is 14.4 Å². The lowest BCUT2D eigenvalue weighted by Crippen LogP contribution is -2.39. The van der Waals surface area contributed by atoms with Gasteiger partial charge in [-0.15, -0.1) is 0 Å². The first-order valence-electron chi connectivity index (χ1n) is 3.11. The first-order valence-corrected chi connectivity index (χ1v) is 3.49. The summed E-state index contributed by atoms with van der Waals surface area (Å²) in [6.45, 7) is 1.18. The molecule has 0 heterocycles. The molecule has 1 amide bonds. The van der Waals surface area contributed by atoms with Crippen LogP contribution in [-0.4, -0.2) is 28.3 Å². The third-order valence-corrected chi connectivity index (χ3v) is 1.29. The molecule has 6 heteroatoms. The maximum atomic E-state index is 10.5. The second-order valence-electron chi connectivity index (χ2n) is 2.16.